The van der Waals surface area contributed by atoms with Gasteiger partial charge >= 0.3 is 0 Å². The van der Waals surface area contributed by atoms with Gasteiger partial charge in [-0.05, 0) is 91.4 Å². The lowest BCUT2D eigenvalue weighted by Crippen LogP contribution is -2.33. The van der Waals surface area contributed by atoms with Crippen LogP contribution in [0.2, 0.25) is 15.1 Å². The molecule has 0 aliphatic carbocycles. The molecule has 5 rings (SSSR count). The second-order valence-electron chi connectivity index (χ2n) is 8.26. The molecule has 0 aliphatic rings. The van der Waals surface area contributed by atoms with E-state index in [0.29, 0.717) is 54.8 Å². The molecule has 0 saturated carbocycles. The third-order valence-corrected chi connectivity index (χ3v) is 6.53. The van der Waals surface area contributed by atoms with E-state index in [-0.39, 0.29) is 5.11 Å². The van der Waals surface area contributed by atoms with Gasteiger partial charge in [-0.1, -0.05) is 40.9 Å². The highest BCUT2D eigenvalue weighted by atomic mass is 35.5. The van der Waals surface area contributed by atoms with Crippen LogP contribution in [-0.2, 0) is 4.79 Å². The molecular formula is C28H18Cl3N3O3S. The maximum absolute atomic E-state index is 12.4. The minimum absolute atomic E-state index is 0.136. The summed E-state index contributed by atoms with van der Waals surface area (Å²) in [5, 5.41) is 7.40. The van der Waals surface area contributed by atoms with E-state index in [0.717, 1.165) is 11.1 Å². The summed E-state index contributed by atoms with van der Waals surface area (Å²) in [6, 6.07) is 19.5. The summed E-state index contributed by atoms with van der Waals surface area (Å²) in [5.74, 6) is 1.06. The summed E-state index contributed by atoms with van der Waals surface area (Å²) in [6.45, 7) is 1.92. The average Bonchev–Trinajstić information content (AvgIpc) is 3.51. The lowest BCUT2D eigenvalue weighted by Gasteiger charge is -2.11. The van der Waals surface area contributed by atoms with Crippen LogP contribution in [0, 0.1) is 6.92 Å². The maximum atomic E-state index is 12.4. The number of furan rings is 1. The Morgan fingerprint density at radius 3 is 2.55 bits per heavy atom. The number of aryl methyl sites for hydroxylation is 1. The van der Waals surface area contributed by atoms with E-state index >= 15 is 0 Å². The number of rotatable bonds is 5. The lowest BCUT2D eigenvalue weighted by atomic mass is 10.1. The van der Waals surface area contributed by atoms with E-state index in [9.17, 15) is 4.79 Å². The second kappa shape index (κ2) is 11.0. The van der Waals surface area contributed by atoms with E-state index in [4.69, 9.17) is 55.9 Å². The second-order valence-corrected chi connectivity index (χ2v) is 9.95. The van der Waals surface area contributed by atoms with Gasteiger partial charge in [-0.2, -0.15) is 0 Å². The zero-order valence-electron chi connectivity index (χ0n) is 19.7. The van der Waals surface area contributed by atoms with Crippen molar-refractivity contribution < 1.29 is 13.6 Å². The number of hydrogen-bond acceptors (Lipinski definition) is 5. The molecule has 10 heteroatoms. The fourth-order valence-electron chi connectivity index (χ4n) is 3.66. The smallest absolute Gasteiger partial charge is 0.250 e. The molecule has 6 nitrogen and oxygen atoms in total. The van der Waals surface area contributed by atoms with Crippen LogP contribution in [0.3, 0.4) is 0 Å². The summed E-state index contributed by atoms with van der Waals surface area (Å²) < 4.78 is 11.6. The van der Waals surface area contributed by atoms with E-state index in [1.807, 2.05) is 25.1 Å². The van der Waals surface area contributed by atoms with Gasteiger partial charge in [0.15, 0.2) is 10.7 Å². The number of amides is 1. The summed E-state index contributed by atoms with van der Waals surface area (Å²) in [7, 11) is 0. The molecule has 0 bridgehead atoms. The molecule has 0 unspecified atom stereocenters. The number of benzene rings is 3. The van der Waals surface area contributed by atoms with Gasteiger partial charge < -0.3 is 14.2 Å². The number of anilines is 1. The van der Waals surface area contributed by atoms with Crippen LogP contribution in [0.1, 0.15) is 11.3 Å². The molecule has 2 aromatic heterocycles. The molecular weight excluding hydrogens is 565 g/mol. The molecule has 190 valence electrons. The Labute approximate surface area is 238 Å². The highest BCUT2D eigenvalue weighted by Crippen LogP contribution is 2.32. The maximum Gasteiger partial charge on any atom is 0.250 e. The van der Waals surface area contributed by atoms with Crippen molar-refractivity contribution in [2.45, 2.75) is 6.92 Å². The fourth-order valence-corrected chi connectivity index (χ4v) is 4.53. The van der Waals surface area contributed by atoms with E-state index in [2.05, 4.69) is 15.6 Å². The average molecular weight is 583 g/mol. The van der Waals surface area contributed by atoms with Crippen molar-refractivity contribution in [3.8, 4) is 22.8 Å². The van der Waals surface area contributed by atoms with Gasteiger partial charge in [0.2, 0.25) is 11.8 Å². The Bertz CT molecular complexity index is 1730. The molecule has 5 aromatic rings. The monoisotopic (exact) mass is 581 g/mol. The molecule has 3 aromatic carbocycles. The lowest BCUT2D eigenvalue weighted by molar-refractivity contribution is -0.115. The van der Waals surface area contributed by atoms with E-state index in [1.54, 1.807) is 48.5 Å². The first-order valence-electron chi connectivity index (χ1n) is 11.3. The number of carbonyl (C=O) groups excluding carboxylic acids is 1. The Hall–Kier alpha value is -3.62. The largest absolute Gasteiger partial charge is 0.457 e. The van der Waals surface area contributed by atoms with Gasteiger partial charge in [-0.3, -0.25) is 10.1 Å². The Morgan fingerprint density at radius 2 is 1.74 bits per heavy atom. The molecule has 2 heterocycles. The number of carbonyl (C=O) groups is 1. The Morgan fingerprint density at radius 1 is 0.947 bits per heavy atom. The van der Waals surface area contributed by atoms with Gasteiger partial charge in [0, 0.05) is 32.9 Å². The van der Waals surface area contributed by atoms with Crippen molar-refractivity contribution in [1.29, 1.82) is 0 Å². The first-order valence-corrected chi connectivity index (χ1v) is 12.8. The van der Waals surface area contributed by atoms with Crippen LogP contribution in [0.25, 0.3) is 40.0 Å². The molecule has 1 amide bonds. The molecule has 0 spiro atoms. The van der Waals surface area contributed by atoms with Crippen LogP contribution >= 0.6 is 47.0 Å². The third-order valence-electron chi connectivity index (χ3n) is 5.54. The van der Waals surface area contributed by atoms with Crippen molar-refractivity contribution >= 4 is 80.9 Å². The first-order chi connectivity index (χ1) is 18.2. The summed E-state index contributed by atoms with van der Waals surface area (Å²) >= 11 is 23.6. The Kier molecular flexibility index (Phi) is 7.53. The summed E-state index contributed by atoms with van der Waals surface area (Å²) in [4.78, 5) is 17.0. The molecule has 0 aliphatic heterocycles. The highest BCUT2D eigenvalue weighted by Gasteiger charge is 2.12. The normalized spacial score (nSPS) is 11.3. The van der Waals surface area contributed by atoms with Crippen molar-refractivity contribution in [1.82, 2.24) is 10.3 Å². The number of aromatic nitrogens is 1. The van der Waals surface area contributed by atoms with Gasteiger partial charge in [-0.25, -0.2) is 4.98 Å². The third kappa shape index (κ3) is 5.92. The fraction of sp³-hybridized carbons (Fsp3) is 0.0357. The van der Waals surface area contributed by atoms with E-state index in [1.165, 1.54) is 12.2 Å². The molecule has 2 N–H and O–H groups in total. The van der Waals surface area contributed by atoms with Crippen LogP contribution < -0.4 is 10.6 Å². The van der Waals surface area contributed by atoms with Gasteiger partial charge in [0.25, 0.3) is 0 Å². The highest BCUT2D eigenvalue weighted by molar-refractivity contribution is 7.80. The SMILES string of the molecule is Cc1ccc(-c2nc3cc(Cl)ccc3o2)cc1NC(=S)NC(=O)/C=C/c1ccc(-c2ccc(Cl)cc2Cl)o1. The minimum Gasteiger partial charge on any atom is -0.457 e. The number of nitrogens with zero attached hydrogens (tertiary/aromatic N) is 1. The zero-order chi connectivity index (χ0) is 26.8. The number of nitrogens with one attached hydrogen (secondary N) is 2. The predicted octanol–water partition coefficient (Wildman–Crippen LogP) is 8.55. The number of halogens is 3. The topological polar surface area (TPSA) is 80.3 Å². The molecule has 38 heavy (non-hydrogen) atoms. The number of hydrogen-bond donors (Lipinski definition) is 2. The Balaban J connectivity index is 1.24. The van der Waals surface area contributed by atoms with Crippen LogP contribution in [0.4, 0.5) is 5.69 Å². The van der Waals surface area contributed by atoms with Crippen molar-refractivity contribution in [2.24, 2.45) is 0 Å². The summed E-state index contributed by atoms with van der Waals surface area (Å²) in [5.41, 5.74) is 4.36. The number of thiocarbonyl (C=S) groups is 1. The van der Waals surface area contributed by atoms with Crippen molar-refractivity contribution in [2.75, 3.05) is 5.32 Å². The van der Waals surface area contributed by atoms with E-state index < -0.39 is 5.91 Å². The van der Waals surface area contributed by atoms with Gasteiger partial charge in [0.05, 0.1) is 5.02 Å². The van der Waals surface area contributed by atoms with Crippen LogP contribution in [0.5, 0.6) is 0 Å². The number of oxazole rings is 1. The number of fused-ring (bicyclic) bond motifs is 1. The van der Waals surface area contributed by atoms with Crippen molar-refractivity contribution in [3.05, 3.63) is 99.2 Å². The van der Waals surface area contributed by atoms with Gasteiger partial charge in [-0.15, -0.1) is 0 Å². The van der Waals surface area contributed by atoms with Gasteiger partial charge in [0.1, 0.15) is 17.0 Å². The van der Waals surface area contributed by atoms with Crippen LogP contribution in [-0.4, -0.2) is 16.0 Å². The minimum atomic E-state index is -0.422. The standard InChI is InChI=1S/C28H18Cl3N3O3S/c1-15-2-3-16(27-32-23-14-18(30)5-9-25(23)37-27)12-22(15)33-28(38)34-26(35)11-7-19-6-10-24(36-19)20-8-4-17(29)13-21(20)31/h2-14H,1H3,(H2,33,34,35,38)/b11-7+. The molecule has 0 radical (unpaired) electrons. The summed E-state index contributed by atoms with van der Waals surface area (Å²) in [6.07, 6.45) is 2.86. The predicted molar refractivity (Wildman–Crippen MR) is 157 cm³/mol. The molecule has 0 fully saturated rings. The van der Waals surface area contributed by atoms with Crippen molar-refractivity contribution in [3.63, 3.8) is 0 Å². The quantitative estimate of drug-likeness (QED) is 0.160. The first kappa shape index (κ1) is 26.0. The van der Waals surface area contributed by atoms with Crippen LogP contribution in [0.15, 0.2) is 81.6 Å². The molecule has 0 saturated heterocycles. The molecule has 0 atom stereocenters. The zero-order valence-corrected chi connectivity index (χ0v) is 22.8.